The van der Waals surface area contributed by atoms with Crippen LogP contribution >= 0.6 is 11.8 Å². The number of aryl methyl sites for hydroxylation is 1. The Hall–Kier alpha value is -1.69. The normalized spacial score (nSPS) is 17.1. The van der Waals surface area contributed by atoms with Crippen LogP contribution in [0.4, 0.5) is 0 Å². The second kappa shape index (κ2) is 6.39. The number of hydrogen-bond acceptors (Lipinski definition) is 5. The molecule has 5 nitrogen and oxygen atoms in total. The van der Waals surface area contributed by atoms with Crippen molar-refractivity contribution in [1.29, 1.82) is 0 Å². The lowest BCUT2D eigenvalue weighted by Gasteiger charge is -2.26. The zero-order valence-electron chi connectivity index (χ0n) is 12.4. The lowest BCUT2D eigenvalue weighted by atomic mass is 10.1. The number of unbranched alkanes of at least 4 members (excludes halogenated alkanes) is 1. The Balaban J connectivity index is 1.81. The van der Waals surface area contributed by atoms with Crippen molar-refractivity contribution in [2.24, 2.45) is 0 Å². The first-order chi connectivity index (χ1) is 10.3. The van der Waals surface area contributed by atoms with E-state index >= 15 is 0 Å². The highest BCUT2D eigenvalue weighted by atomic mass is 32.2. The van der Waals surface area contributed by atoms with E-state index in [9.17, 15) is 0 Å². The van der Waals surface area contributed by atoms with Gasteiger partial charge in [-0.2, -0.15) is 0 Å². The molecule has 0 spiro atoms. The number of nitrogens with one attached hydrogen (secondary N) is 1. The van der Waals surface area contributed by atoms with Gasteiger partial charge in [-0.1, -0.05) is 37.2 Å². The van der Waals surface area contributed by atoms with E-state index < -0.39 is 0 Å². The number of benzene rings is 1. The molecule has 3 rings (SSSR count). The van der Waals surface area contributed by atoms with E-state index in [2.05, 4.69) is 34.7 Å². The lowest BCUT2D eigenvalue weighted by Crippen LogP contribution is -2.29. The van der Waals surface area contributed by atoms with Gasteiger partial charge in [0.15, 0.2) is 5.82 Å². The third-order valence-corrected chi connectivity index (χ3v) is 4.64. The summed E-state index contributed by atoms with van der Waals surface area (Å²) in [6.45, 7) is 2.19. The molecule has 0 saturated carbocycles. The molecule has 0 radical (unpaired) electrons. The van der Waals surface area contributed by atoms with Crippen LogP contribution in [-0.2, 0) is 6.42 Å². The molecular formula is C15H20N4OS. The first-order valence-electron chi connectivity index (χ1n) is 7.29. The summed E-state index contributed by atoms with van der Waals surface area (Å²) in [4.78, 5) is 0. The van der Waals surface area contributed by atoms with E-state index in [1.54, 1.807) is 18.9 Å². The molecule has 1 atom stereocenters. The Kier molecular flexibility index (Phi) is 4.34. The van der Waals surface area contributed by atoms with E-state index in [-0.39, 0.29) is 6.04 Å². The van der Waals surface area contributed by atoms with Gasteiger partial charge >= 0.3 is 0 Å². The number of thioether (sulfide) groups is 1. The molecule has 0 aliphatic carbocycles. The van der Waals surface area contributed by atoms with E-state index in [0.717, 1.165) is 41.7 Å². The summed E-state index contributed by atoms with van der Waals surface area (Å²) in [5.74, 6) is 2.85. The van der Waals surface area contributed by atoms with Crippen molar-refractivity contribution in [2.45, 2.75) is 37.4 Å². The van der Waals surface area contributed by atoms with Crippen LogP contribution in [0.25, 0.3) is 0 Å². The van der Waals surface area contributed by atoms with Crippen LogP contribution in [0, 0.1) is 0 Å². The first kappa shape index (κ1) is 14.3. The van der Waals surface area contributed by atoms with Crippen molar-refractivity contribution in [3.05, 3.63) is 35.7 Å². The number of ether oxygens (including phenoxy) is 1. The fraction of sp³-hybridized carbons (Fsp3) is 0.467. The maximum Gasteiger partial charge on any atom is 0.210 e. The van der Waals surface area contributed by atoms with Gasteiger partial charge in [0, 0.05) is 12.2 Å². The van der Waals surface area contributed by atoms with Gasteiger partial charge in [-0.05, 0) is 24.1 Å². The molecule has 1 unspecified atom stereocenters. The Morgan fingerprint density at radius 2 is 2.33 bits per heavy atom. The fourth-order valence-corrected chi connectivity index (χ4v) is 3.37. The Morgan fingerprint density at radius 1 is 1.43 bits per heavy atom. The van der Waals surface area contributed by atoms with Crippen molar-refractivity contribution in [2.75, 3.05) is 18.3 Å². The summed E-state index contributed by atoms with van der Waals surface area (Å²) in [7, 11) is 1.70. The van der Waals surface area contributed by atoms with Crippen LogP contribution in [0.1, 0.15) is 37.2 Å². The summed E-state index contributed by atoms with van der Waals surface area (Å²) in [5.41, 5.74) is 4.76. The van der Waals surface area contributed by atoms with Crippen LogP contribution in [-0.4, -0.2) is 27.7 Å². The maximum absolute atomic E-state index is 5.31. The van der Waals surface area contributed by atoms with Crippen molar-refractivity contribution in [3.63, 3.8) is 0 Å². The average Bonchev–Trinajstić information content (AvgIpc) is 2.95. The minimum atomic E-state index is 0.244. The largest absolute Gasteiger partial charge is 0.497 e. The van der Waals surface area contributed by atoms with Gasteiger partial charge in [0.2, 0.25) is 5.16 Å². The summed E-state index contributed by atoms with van der Waals surface area (Å²) < 4.78 is 7.36. The van der Waals surface area contributed by atoms with Gasteiger partial charge in [-0.15, -0.1) is 10.2 Å². The van der Waals surface area contributed by atoms with E-state index in [1.165, 1.54) is 5.56 Å². The molecule has 1 aliphatic rings. The highest BCUT2D eigenvalue weighted by Crippen LogP contribution is 2.31. The molecule has 6 heteroatoms. The summed E-state index contributed by atoms with van der Waals surface area (Å²) in [6, 6.07) is 8.45. The highest BCUT2D eigenvalue weighted by Gasteiger charge is 2.23. The van der Waals surface area contributed by atoms with Crippen molar-refractivity contribution < 1.29 is 4.74 Å². The third kappa shape index (κ3) is 3.00. The van der Waals surface area contributed by atoms with Crippen molar-refractivity contribution >= 4 is 11.8 Å². The number of rotatable bonds is 5. The van der Waals surface area contributed by atoms with Crippen molar-refractivity contribution in [3.8, 4) is 5.75 Å². The second-order valence-electron chi connectivity index (χ2n) is 5.11. The van der Waals surface area contributed by atoms with Gasteiger partial charge in [0.1, 0.15) is 5.75 Å². The molecule has 21 heavy (non-hydrogen) atoms. The SMILES string of the molecule is CCCCc1nnc2n1NC(c1cccc(OC)c1)CS2. The molecule has 0 saturated heterocycles. The predicted octanol–water partition coefficient (Wildman–Crippen LogP) is 3.02. The molecule has 1 aromatic carbocycles. The maximum atomic E-state index is 5.31. The zero-order valence-corrected chi connectivity index (χ0v) is 13.2. The second-order valence-corrected chi connectivity index (χ2v) is 6.09. The van der Waals surface area contributed by atoms with E-state index in [1.807, 2.05) is 16.8 Å². The van der Waals surface area contributed by atoms with Crippen LogP contribution < -0.4 is 10.2 Å². The molecule has 0 fully saturated rings. The van der Waals surface area contributed by atoms with E-state index in [4.69, 9.17) is 4.74 Å². The average molecular weight is 304 g/mol. The standard InChI is InChI=1S/C15H20N4OS/c1-3-4-8-14-16-17-15-19(14)18-13(10-21-15)11-6-5-7-12(9-11)20-2/h5-7,9,13,18H,3-4,8,10H2,1-2H3. The fourth-order valence-electron chi connectivity index (χ4n) is 2.40. The van der Waals surface area contributed by atoms with Crippen LogP contribution in [0.15, 0.2) is 29.4 Å². The van der Waals surface area contributed by atoms with Crippen LogP contribution in [0.2, 0.25) is 0 Å². The van der Waals surface area contributed by atoms with Gasteiger partial charge in [-0.3, -0.25) is 0 Å². The number of aromatic nitrogens is 3. The molecule has 112 valence electrons. The monoisotopic (exact) mass is 304 g/mol. The topological polar surface area (TPSA) is 52.0 Å². The minimum absolute atomic E-state index is 0.244. The minimum Gasteiger partial charge on any atom is -0.497 e. The zero-order chi connectivity index (χ0) is 14.7. The molecule has 2 aromatic rings. The molecule has 1 aromatic heterocycles. The molecule has 0 amide bonds. The highest BCUT2D eigenvalue weighted by molar-refractivity contribution is 7.99. The molecule has 2 heterocycles. The lowest BCUT2D eigenvalue weighted by molar-refractivity contribution is 0.414. The smallest absolute Gasteiger partial charge is 0.210 e. The molecular weight excluding hydrogens is 284 g/mol. The number of fused-ring (bicyclic) bond motifs is 1. The quantitative estimate of drug-likeness (QED) is 0.920. The Labute approximate surface area is 129 Å². The Morgan fingerprint density at radius 3 is 3.14 bits per heavy atom. The van der Waals surface area contributed by atoms with Gasteiger partial charge in [0.25, 0.3) is 0 Å². The summed E-state index contributed by atoms with van der Waals surface area (Å²) in [6.07, 6.45) is 3.25. The van der Waals surface area contributed by atoms with Gasteiger partial charge in [0.05, 0.1) is 13.2 Å². The van der Waals surface area contributed by atoms with Gasteiger partial charge in [-0.25, -0.2) is 4.68 Å². The first-order valence-corrected chi connectivity index (χ1v) is 8.28. The number of hydrogen-bond donors (Lipinski definition) is 1. The molecule has 1 N–H and O–H groups in total. The Bertz CT molecular complexity index is 613. The summed E-state index contributed by atoms with van der Waals surface area (Å²) in [5, 5.41) is 9.52. The van der Waals surface area contributed by atoms with Crippen LogP contribution in [0.3, 0.4) is 0 Å². The number of methoxy groups -OCH3 is 1. The third-order valence-electron chi connectivity index (χ3n) is 3.61. The molecule has 1 aliphatic heterocycles. The predicted molar refractivity (Wildman–Crippen MR) is 84.5 cm³/mol. The van der Waals surface area contributed by atoms with Crippen LogP contribution in [0.5, 0.6) is 5.75 Å². The number of nitrogens with zero attached hydrogens (tertiary/aromatic N) is 3. The van der Waals surface area contributed by atoms with Gasteiger partial charge < -0.3 is 10.2 Å². The van der Waals surface area contributed by atoms with Crippen molar-refractivity contribution in [1.82, 2.24) is 14.9 Å². The molecule has 0 bridgehead atoms. The summed E-state index contributed by atoms with van der Waals surface area (Å²) >= 11 is 1.75. The van der Waals surface area contributed by atoms with E-state index in [0.29, 0.717) is 0 Å².